The Morgan fingerprint density at radius 1 is 1.24 bits per heavy atom. The molecule has 1 aromatic carbocycles. The largest absolute Gasteiger partial charge is 0.497 e. The molecule has 0 aromatic heterocycles. The van der Waals surface area contributed by atoms with Gasteiger partial charge in [-0.05, 0) is 56.4 Å². The van der Waals surface area contributed by atoms with E-state index in [1.807, 2.05) is 13.8 Å². The van der Waals surface area contributed by atoms with Crippen LogP contribution in [-0.2, 0) is 23.9 Å². The second kappa shape index (κ2) is 10.9. The number of aliphatic hydroxyl groups excluding tert-OH is 1. The van der Waals surface area contributed by atoms with Crippen LogP contribution in [0.3, 0.4) is 0 Å². The number of carbonyl (C=O) groups excluding carboxylic acids is 3. The lowest BCUT2D eigenvalue weighted by Gasteiger charge is -2.37. The number of ether oxygens (including phenoxy) is 3. The Bertz CT molecular complexity index is 1090. The highest BCUT2D eigenvalue weighted by Crippen LogP contribution is 2.65. The number of nitrogens with zero attached hydrogens (tertiary/aromatic N) is 2. The van der Waals surface area contributed by atoms with Gasteiger partial charge in [-0.15, -0.1) is 6.58 Å². The van der Waals surface area contributed by atoms with Crippen LogP contribution in [0.1, 0.15) is 33.1 Å². The fourth-order valence-corrected chi connectivity index (χ4v) is 6.60. The van der Waals surface area contributed by atoms with Gasteiger partial charge in [0.2, 0.25) is 5.91 Å². The number of esters is 1. The number of hydrogen-bond acceptors (Lipinski definition) is 7. The average Bonchev–Trinajstić information content (AvgIpc) is 3.42. The number of methoxy groups -OCH3 is 1. The van der Waals surface area contributed by atoms with E-state index in [4.69, 9.17) is 14.2 Å². The van der Waals surface area contributed by atoms with Crippen molar-refractivity contribution < 1.29 is 33.7 Å². The molecule has 3 saturated heterocycles. The Labute approximate surface area is 224 Å². The minimum Gasteiger partial charge on any atom is -0.497 e. The van der Waals surface area contributed by atoms with Crippen LogP contribution >= 0.6 is 0 Å². The molecule has 9 nitrogen and oxygen atoms in total. The van der Waals surface area contributed by atoms with E-state index in [2.05, 4.69) is 13.2 Å². The maximum absolute atomic E-state index is 14.5. The zero-order valence-electron chi connectivity index (χ0n) is 22.4. The van der Waals surface area contributed by atoms with Crippen LogP contribution in [0, 0.1) is 17.8 Å². The van der Waals surface area contributed by atoms with Crippen molar-refractivity contribution in [3.8, 4) is 5.75 Å². The van der Waals surface area contributed by atoms with E-state index in [0.717, 1.165) is 0 Å². The number of benzene rings is 1. The summed E-state index contributed by atoms with van der Waals surface area (Å²) in [6.45, 7) is 11.8. The van der Waals surface area contributed by atoms with Gasteiger partial charge in [0.05, 0.1) is 18.6 Å². The third-order valence-electron chi connectivity index (χ3n) is 8.41. The topological polar surface area (TPSA) is 106 Å². The van der Waals surface area contributed by atoms with Gasteiger partial charge in [0, 0.05) is 25.4 Å². The van der Waals surface area contributed by atoms with Gasteiger partial charge in [-0.1, -0.05) is 25.7 Å². The molecule has 2 amide bonds. The Morgan fingerprint density at radius 2 is 1.95 bits per heavy atom. The predicted octanol–water partition coefficient (Wildman–Crippen LogP) is 2.73. The molecule has 6 atom stereocenters. The number of fused-ring (bicyclic) bond motifs is 1. The molecule has 9 heteroatoms. The molecule has 1 N–H and O–H groups in total. The molecule has 3 aliphatic rings. The molecule has 3 unspecified atom stereocenters. The van der Waals surface area contributed by atoms with E-state index in [9.17, 15) is 19.5 Å². The molecular formula is C29H38N2O7. The van der Waals surface area contributed by atoms with Crippen LogP contribution in [0.2, 0.25) is 0 Å². The van der Waals surface area contributed by atoms with Crippen molar-refractivity contribution in [3.63, 3.8) is 0 Å². The number of carbonyl (C=O) groups is 3. The molecule has 3 fully saturated rings. The SMILES string of the molecule is C=CCOC(=O)[C@H]1[C@H]2C(=O)N(CCCCO)C(C(=O)N(CC=C)c3ccc(OC)cc3)C23CC(C)[C@]1(C)O3. The van der Waals surface area contributed by atoms with Crippen LogP contribution in [0.4, 0.5) is 5.69 Å². The monoisotopic (exact) mass is 526 g/mol. The van der Waals surface area contributed by atoms with Crippen LogP contribution in [0.5, 0.6) is 5.75 Å². The summed E-state index contributed by atoms with van der Waals surface area (Å²) in [5.74, 6) is -2.22. The van der Waals surface area contributed by atoms with E-state index < -0.39 is 35.0 Å². The van der Waals surface area contributed by atoms with E-state index in [1.165, 1.54) is 6.08 Å². The summed E-state index contributed by atoms with van der Waals surface area (Å²) in [6, 6.07) is 6.17. The van der Waals surface area contributed by atoms with Gasteiger partial charge in [0.25, 0.3) is 5.91 Å². The normalized spacial score (nSPS) is 31.2. The van der Waals surface area contributed by atoms with Crippen molar-refractivity contribution in [1.82, 2.24) is 4.90 Å². The number of hydrogen-bond donors (Lipinski definition) is 1. The molecular weight excluding hydrogens is 488 g/mol. The second-order valence-corrected chi connectivity index (χ2v) is 10.5. The molecule has 1 spiro atoms. The molecule has 0 radical (unpaired) electrons. The predicted molar refractivity (Wildman–Crippen MR) is 142 cm³/mol. The van der Waals surface area contributed by atoms with Crippen LogP contribution in [-0.4, -0.2) is 78.4 Å². The van der Waals surface area contributed by atoms with Gasteiger partial charge < -0.3 is 29.1 Å². The first-order valence-corrected chi connectivity index (χ1v) is 13.2. The summed E-state index contributed by atoms with van der Waals surface area (Å²) in [5, 5.41) is 9.37. The summed E-state index contributed by atoms with van der Waals surface area (Å²) in [4.78, 5) is 45.0. The van der Waals surface area contributed by atoms with Crippen molar-refractivity contribution in [2.24, 2.45) is 17.8 Å². The molecule has 206 valence electrons. The molecule has 0 saturated carbocycles. The summed E-state index contributed by atoms with van der Waals surface area (Å²) in [5.41, 5.74) is -1.49. The number of aliphatic hydroxyl groups is 1. The maximum Gasteiger partial charge on any atom is 0.313 e. The van der Waals surface area contributed by atoms with Gasteiger partial charge in [0.1, 0.15) is 29.9 Å². The molecule has 38 heavy (non-hydrogen) atoms. The Hall–Kier alpha value is -3.17. The highest BCUT2D eigenvalue weighted by atomic mass is 16.6. The Kier molecular flexibility index (Phi) is 7.99. The summed E-state index contributed by atoms with van der Waals surface area (Å²) in [6.07, 6.45) is 4.58. The zero-order chi connectivity index (χ0) is 27.7. The van der Waals surface area contributed by atoms with Gasteiger partial charge in [-0.2, -0.15) is 0 Å². The molecule has 3 aliphatic heterocycles. The average molecular weight is 527 g/mol. The zero-order valence-corrected chi connectivity index (χ0v) is 22.4. The first-order valence-electron chi connectivity index (χ1n) is 13.2. The Balaban J connectivity index is 1.79. The number of anilines is 1. The van der Waals surface area contributed by atoms with Crippen molar-refractivity contribution in [3.05, 3.63) is 49.6 Å². The first kappa shape index (κ1) is 27.9. The molecule has 3 heterocycles. The maximum atomic E-state index is 14.5. The smallest absolute Gasteiger partial charge is 0.313 e. The van der Waals surface area contributed by atoms with E-state index in [-0.39, 0.29) is 44.0 Å². The molecule has 2 bridgehead atoms. The second-order valence-electron chi connectivity index (χ2n) is 10.5. The quantitative estimate of drug-likeness (QED) is 0.254. The van der Waals surface area contributed by atoms with Crippen molar-refractivity contribution in [2.45, 2.75) is 50.4 Å². The number of rotatable bonds is 12. The highest BCUT2D eigenvalue weighted by Gasteiger charge is 2.80. The van der Waals surface area contributed by atoms with Crippen molar-refractivity contribution in [2.75, 3.05) is 38.3 Å². The number of likely N-dealkylation sites (tertiary alicyclic amines) is 1. The fraction of sp³-hybridized carbons (Fsp3) is 0.552. The fourth-order valence-electron chi connectivity index (χ4n) is 6.60. The van der Waals surface area contributed by atoms with Gasteiger partial charge in [-0.25, -0.2) is 0 Å². The summed E-state index contributed by atoms with van der Waals surface area (Å²) >= 11 is 0. The first-order chi connectivity index (χ1) is 18.2. The van der Waals surface area contributed by atoms with Gasteiger partial charge >= 0.3 is 5.97 Å². The summed E-state index contributed by atoms with van der Waals surface area (Å²) in [7, 11) is 1.57. The lowest BCUT2D eigenvalue weighted by Crippen LogP contribution is -2.57. The minimum atomic E-state index is -1.18. The number of unbranched alkanes of at least 4 members (excludes halogenated alkanes) is 1. The van der Waals surface area contributed by atoms with E-state index >= 15 is 0 Å². The third kappa shape index (κ3) is 4.31. The van der Waals surface area contributed by atoms with Crippen LogP contribution < -0.4 is 9.64 Å². The lowest BCUT2D eigenvalue weighted by molar-refractivity contribution is -0.160. The van der Waals surface area contributed by atoms with E-state index in [1.54, 1.807) is 47.3 Å². The van der Waals surface area contributed by atoms with Crippen LogP contribution in [0.25, 0.3) is 0 Å². The Morgan fingerprint density at radius 3 is 2.55 bits per heavy atom. The standard InChI is InChI=1S/C29H38N2O7/c1-6-14-30(20-10-12-21(36-5)13-11-20)26(34)24-29-18-19(3)28(4,38-29)23(27(35)37-17-7-2)22(29)25(33)31(24)15-8-9-16-32/h6-7,10-13,19,22-24,32H,1-2,8-9,14-18H2,3-5H3/t19?,22-,23+,24?,28-,29?/m0/s1. The van der Waals surface area contributed by atoms with Gasteiger partial charge in [0.15, 0.2) is 0 Å². The minimum absolute atomic E-state index is 0.0221. The molecule has 4 rings (SSSR count). The third-order valence-corrected chi connectivity index (χ3v) is 8.41. The van der Waals surface area contributed by atoms with Crippen molar-refractivity contribution in [1.29, 1.82) is 0 Å². The van der Waals surface area contributed by atoms with E-state index in [0.29, 0.717) is 30.7 Å². The molecule has 1 aromatic rings. The summed E-state index contributed by atoms with van der Waals surface area (Å²) < 4.78 is 17.4. The number of amides is 2. The van der Waals surface area contributed by atoms with Gasteiger partial charge in [-0.3, -0.25) is 14.4 Å². The molecule has 0 aliphatic carbocycles. The van der Waals surface area contributed by atoms with Crippen molar-refractivity contribution >= 4 is 23.5 Å². The van der Waals surface area contributed by atoms with Crippen LogP contribution in [0.15, 0.2) is 49.6 Å². The highest BCUT2D eigenvalue weighted by molar-refractivity contribution is 6.04. The lowest BCUT2D eigenvalue weighted by atomic mass is 9.62.